The molecule has 0 aliphatic carbocycles. The number of nitrogens with one attached hydrogen (secondary N) is 1. The number of carbonyl (C=O) groups is 1. The molecule has 3 N–H and O–H groups in total. The number of benzene rings is 1. The number of nitrogens with two attached hydrogens (primary N) is 1. The first-order valence-corrected chi connectivity index (χ1v) is 8.83. The maximum atomic E-state index is 12.4. The lowest BCUT2D eigenvalue weighted by atomic mass is 9.95. The first-order valence-electron chi connectivity index (χ1n) is 8.01. The summed E-state index contributed by atoms with van der Waals surface area (Å²) in [5, 5.41) is 12.6. The van der Waals surface area contributed by atoms with Gasteiger partial charge in [-0.2, -0.15) is 0 Å². The lowest BCUT2D eigenvalue weighted by Crippen LogP contribution is -2.30. The maximum absolute atomic E-state index is 12.4. The molecule has 2 rings (SSSR count). The Kier molecular flexibility index (Phi) is 8.31. The smallest absolute Gasteiger partial charge is 0.230 e. The second kappa shape index (κ2) is 9.71. The van der Waals surface area contributed by atoms with E-state index in [-0.39, 0.29) is 30.3 Å². The molecule has 0 spiro atoms. The van der Waals surface area contributed by atoms with E-state index in [1.807, 2.05) is 37.3 Å². The van der Waals surface area contributed by atoms with Crippen LogP contribution in [-0.4, -0.2) is 16.1 Å². The van der Waals surface area contributed by atoms with Gasteiger partial charge in [0.2, 0.25) is 11.0 Å². The fourth-order valence-electron chi connectivity index (χ4n) is 2.43. The van der Waals surface area contributed by atoms with E-state index in [0.29, 0.717) is 11.0 Å². The molecule has 0 aliphatic rings. The van der Waals surface area contributed by atoms with Crippen LogP contribution in [0.5, 0.6) is 0 Å². The van der Waals surface area contributed by atoms with Crippen LogP contribution in [0.1, 0.15) is 56.1 Å². The van der Waals surface area contributed by atoms with Crippen molar-refractivity contribution in [2.24, 2.45) is 11.7 Å². The van der Waals surface area contributed by atoms with Crippen molar-refractivity contribution in [3.8, 4) is 0 Å². The Hall–Kier alpha value is -1.50. The molecule has 7 heteroatoms. The van der Waals surface area contributed by atoms with Crippen LogP contribution < -0.4 is 11.1 Å². The zero-order valence-corrected chi connectivity index (χ0v) is 15.9. The number of hydrogen-bond donors (Lipinski definition) is 2. The number of carbonyl (C=O) groups excluding carboxylic acids is 1. The molecule has 2 aromatic rings. The summed E-state index contributed by atoms with van der Waals surface area (Å²) in [5.41, 5.74) is 7.15. The van der Waals surface area contributed by atoms with Gasteiger partial charge in [0.25, 0.3) is 0 Å². The molecule has 0 bridgehead atoms. The molecule has 132 valence electrons. The minimum Gasteiger partial charge on any atom is -0.323 e. The normalized spacial score (nSPS) is 13.2. The third-order valence-corrected chi connectivity index (χ3v) is 5.14. The number of anilines is 1. The Bertz CT molecular complexity index is 631. The van der Waals surface area contributed by atoms with Gasteiger partial charge in [-0.05, 0) is 18.4 Å². The van der Waals surface area contributed by atoms with Gasteiger partial charge < -0.3 is 11.1 Å². The second-order valence-electron chi connectivity index (χ2n) is 5.67. The fourth-order valence-corrected chi connectivity index (χ4v) is 3.45. The van der Waals surface area contributed by atoms with Crippen molar-refractivity contribution in [3.63, 3.8) is 0 Å². The standard InChI is InChI=1S/C17H24N4OS.ClH/c1-4-12(5-2)16-20-21-17(23-16)19-15(22)11(3)14(18)13-9-7-6-8-10-13;/h6-12,14H,4-5,18H2,1-3H3,(H,19,21,22);1H. The summed E-state index contributed by atoms with van der Waals surface area (Å²) in [7, 11) is 0. The van der Waals surface area contributed by atoms with Gasteiger partial charge in [-0.3, -0.25) is 4.79 Å². The molecule has 2 unspecified atom stereocenters. The number of aromatic nitrogens is 2. The zero-order chi connectivity index (χ0) is 16.8. The summed E-state index contributed by atoms with van der Waals surface area (Å²) in [6, 6.07) is 9.30. The van der Waals surface area contributed by atoms with Crippen LogP contribution in [0.2, 0.25) is 0 Å². The van der Waals surface area contributed by atoms with Gasteiger partial charge in [-0.25, -0.2) is 0 Å². The Morgan fingerprint density at radius 3 is 2.42 bits per heavy atom. The van der Waals surface area contributed by atoms with Crippen molar-refractivity contribution in [2.45, 2.75) is 45.6 Å². The largest absolute Gasteiger partial charge is 0.323 e. The highest BCUT2D eigenvalue weighted by atomic mass is 35.5. The van der Waals surface area contributed by atoms with Crippen molar-refractivity contribution < 1.29 is 4.79 Å². The molecule has 2 atom stereocenters. The van der Waals surface area contributed by atoms with Crippen LogP contribution in [0.15, 0.2) is 30.3 Å². The molecule has 1 aromatic carbocycles. The predicted octanol–water partition coefficient (Wildman–Crippen LogP) is 4.14. The van der Waals surface area contributed by atoms with Gasteiger partial charge in [0.1, 0.15) is 5.01 Å². The second-order valence-corrected chi connectivity index (χ2v) is 6.68. The van der Waals surface area contributed by atoms with Crippen LogP contribution in [0.3, 0.4) is 0 Å². The van der Waals surface area contributed by atoms with E-state index in [2.05, 4.69) is 29.4 Å². The van der Waals surface area contributed by atoms with Gasteiger partial charge in [-0.15, -0.1) is 22.6 Å². The minimum absolute atomic E-state index is 0. The molecule has 5 nitrogen and oxygen atoms in total. The molecule has 1 amide bonds. The van der Waals surface area contributed by atoms with Gasteiger partial charge in [-0.1, -0.05) is 62.4 Å². The minimum atomic E-state index is -0.349. The van der Waals surface area contributed by atoms with Gasteiger partial charge >= 0.3 is 0 Å². The van der Waals surface area contributed by atoms with E-state index in [1.54, 1.807) is 0 Å². The first kappa shape index (κ1) is 20.5. The fraction of sp³-hybridized carbons (Fsp3) is 0.471. The Balaban J connectivity index is 0.00000288. The number of hydrogen-bond acceptors (Lipinski definition) is 5. The van der Waals surface area contributed by atoms with E-state index in [0.717, 1.165) is 23.4 Å². The molecule has 0 aliphatic heterocycles. The summed E-state index contributed by atoms with van der Waals surface area (Å²) in [6.45, 7) is 6.10. The van der Waals surface area contributed by atoms with Crippen molar-refractivity contribution >= 4 is 34.8 Å². The Labute approximate surface area is 153 Å². The number of nitrogens with zero attached hydrogens (tertiary/aromatic N) is 2. The summed E-state index contributed by atoms with van der Waals surface area (Å²) in [6.07, 6.45) is 2.04. The quantitative estimate of drug-likeness (QED) is 0.769. The van der Waals surface area contributed by atoms with Crippen LogP contribution >= 0.6 is 23.7 Å². The van der Waals surface area contributed by atoms with Crippen molar-refractivity contribution in [1.82, 2.24) is 10.2 Å². The average Bonchev–Trinajstić information content (AvgIpc) is 3.03. The van der Waals surface area contributed by atoms with Crippen LogP contribution in [-0.2, 0) is 4.79 Å². The topological polar surface area (TPSA) is 80.9 Å². The van der Waals surface area contributed by atoms with Crippen molar-refractivity contribution in [1.29, 1.82) is 0 Å². The van der Waals surface area contributed by atoms with Gasteiger partial charge in [0.15, 0.2) is 0 Å². The van der Waals surface area contributed by atoms with Crippen LogP contribution in [0.4, 0.5) is 5.13 Å². The molecular formula is C17H25ClN4OS. The monoisotopic (exact) mass is 368 g/mol. The summed E-state index contributed by atoms with van der Waals surface area (Å²) < 4.78 is 0. The highest BCUT2D eigenvalue weighted by Gasteiger charge is 2.23. The molecule has 24 heavy (non-hydrogen) atoms. The van der Waals surface area contributed by atoms with Gasteiger partial charge in [0.05, 0.1) is 5.92 Å². The summed E-state index contributed by atoms with van der Waals surface area (Å²) >= 11 is 1.45. The predicted molar refractivity (Wildman–Crippen MR) is 102 cm³/mol. The van der Waals surface area contributed by atoms with E-state index < -0.39 is 0 Å². The third kappa shape index (κ3) is 5.00. The van der Waals surface area contributed by atoms with Crippen LogP contribution in [0, 0.1) is 5.92 Å². The summed E-state index contributed by atoms with van der Waals surface area (Å²) in [4.78, 5) is 12.4. The summed E-state index contributed by atoms with van der Waals surface area (Å²) in [5.74, 6) is -0.0753. The molecule has 0 saturated carbocycles. The Morgan fingerprint density at radius 1 is 1.21 bits per heavy atom. The van der Waals surface area contributed by atoms with Crippen molar-refractivity contribution in [2.75, 3.05) is 5.32 Å². The van der Waals surface area contributed by atoms with E-state index in [9.17, 15) is 4.79 Å². The SMILES string of the molecule is CCC(CC)c1nnc(NC(=O)C(C)C(N)c2ccccc2)s1.Cl. The molecule has 0 saturated heterocycles. The number of rotatable bonds is 7. The number of halogens is 1. The molecule has 0 radical (unpaired) electrons. The lowest BCUT2D eigenvalue weighted by molar-refractivity contribution is -0.120. The molecular weight excluding hydrogens is 344 g/mol. The van der Waals surface area contributed by atoms with Crippen LogP contribution in [0.25, 0.3) is 0 Å². The number of amides is 1. The third-order valence-electron chi connectivity index (χ3n) is 4.14. The zero-order valence-electron chi connectivity index (χ0n) is 14.2. The average molecular weight is 369 g/mol. The lowest BCUT2D eigenvalue weighted by Gasteiger charge is -2.18. The molecule has 0 fully saturated rings. The van der Waals surface area contributed by atoms with E-state index in [1.165, 1.54) is 11.3 Å². The van der Waals surface area contributed by atoms with E-state index >= 15 is 0 Å². The Morgan fingerprint density at radius 2 is 1.83 bits per heavy atom. The molecule has 1 heterocycles. The van der Waals surface area contributed by atoms with Crippen molar-refractivity contribution in [3.05, 3.63) is 40.9 Å². The van der Waals surface area contributed by atoms with E-state index in [4.69, 9.17) is 5.73 Å². The highest BCUT2D eigenvalue weighted by Crippen LogP contribution is 2.29. The molecule has 1 aromatic heterocycles. The maximum Gasteiger partial charge on any atom is 0.230 e. The van der Waals surface area contributed by atoms with Gasteiger partial charge in [0, 0.05) is 12.0 Å². The highest BCUT2D eigenvalue weighted by molar-refractivity contribution is 7.15. The first-order chi connectivity index (χ1) is 11.1.